The lowest BCUT2D eigenvalue weighted by atomic mass is 9.93. The molecule has 0 radical (unpaired) electrons. The predicted molar refractivity (Wildman–Crippen MR) is 269 cm³/mol. The van der Waals surface area contributed by atoms with Gasteiger partial charge in [0.2, 0.25) is 0 Å². The molecule has 0 aliphatic rings. The summed E-state index contributed by atoms with van der Waals surface area (Å²) in [6, 6.07) is 85.0. The molecule has 0 spiro atoms. The highest BCUT2D eigenvalue weighted by atomic mass is 31.2. The van der Waals surface area contributed by atoms with Crippen LogP contribution in [0.2, 0.25) is 0 Å². The molecule has 3 nitrogen and oxygen atoms in total. The summed E-state index contributed by atoms with van der Waals surface area (Å²) in [5.41, 5.74) is 3.59. The van der Waals surface area contributed by atoms with Crippen molar-refractivity contribution in [2.75, 3.05) is 0 Å². The molecule has 5 heteroatoms. The molecule has 0 amide bonds. The van der Waals surface area contributed by atoms with Gasteiger partial charge in [0.25, 0.3) is 0 Å². The van der Waals surface area contributed by atoms with Gasteiger partial charge in [-0.3, -0.25) is 0 Å². The van der Waals surface area contributed by atoms with Crippen LogP contribution in [-0.2, 0) is 0 Å². The average molecular weight is 846 g/mol. The molecule has 11 aromatic carbocycles. The third-order valence-corrected chi connectivity index (χ3v) is 17.7. The predicted octanol–water partition coefficient (Wildman–Crippen LogP) is 15.0. The minimum absolute atomic E-state index is 0.691. The van der Waals surface area contributed by atoms with E-state index in [1.807, 2.05) is 0 Å². The third-order valence-electron chi connectivity index (χ3n) is 12.4. The standard InChI is InChI=1S/C58H39O3P2/c1-4-22-44(23-5-1)63(45-24-6-2-7-25-45,46-26-8-3-9-27-46)54-39-35-43-21-13-17-31-50(43)58(54)57-49-30-16-12-20-42(49)34-38-53(57)61-62-59-51-36-32-40-18-10-14-28-47(40)55(51)56-48-29-15-11-19-41(48)33-37-52(56)60-62/h1-39H/q+1. The van der Waals surface area contributed by atoms with E-state index in [0.717, 1.165) is 76.2 Å². The molecule has 12 aromatic rings. The number of fused-ring (bicyclic) bond motifs is 9. The largest absolute Gasteiger partial charge is 0.453 e. The fourth-order valence-electron chi connectivity index (χ4n) is 9.67. The van der Waals surface area contributed by atoms with Crippen molar-refractivity contribution in [2.24, 2.45) is 0 Å². The summed E-state index contributed by atoms with van der Waals surface area (Å²) in [7, 11) is -4.63. The zero-order valence-electron chi connectivity index (χ0n) is 34.1. The van der Waals surface area contributed by atoms with Crippen LogP contribution < -0.4 is 25.7 Å². The summed E-state index contributed by atoms with van der Waals surface area (Å²) in [6.45, 7) is 0. The van der Waals surface area contributed by atoms with Gasteiger partial charge in [-0.05, 0) is 104 Å². The van der Waals surface area contributed by atoms with Crippen molar-refractivity contribution in [3.8, 4) is 16.9 Å². The first-order chi connectivity index (χ1) is 31.3. The van der Waals surface area contributed by atoms with Gasteiger partial charge in [-0.2, -0.15) is 0 Å². The second kappa shape index (κ2) is 15.5. The van der Waals surface area contributed by atoms with Crippen LogP contribution >= 0.6 is 15.5 Å². The molecule has 0 saturated heterocycles. The summed E-state index contributed by atoms with van der Waals surface area (Å²) in [4.78, 5) is 0. The maximum Gasteiger partial charge on any atom is 0.453 e. The molecule has 12 rings (SSSR count). The van der Waals surface area contributed by atoms with E-state index < -0.39 is 15.5 Å². The number of hydrogen-bond donors (Lipinski definition) is 0. The Balaban J connectivity index is 1.21. The molecule has 0 unspecified atom stereocenters. The van der Waals surface area contributed by atoms with E-state index in [4.69, 9.17) is 12.9 Å². The second-order valence-electron chi connectivity index (χ2n) is 15.8. The Labute approximate surface area is 366 Å². The van der Waals surface area contributed by atoms with Crippen molar-refractivity contribution in [1.82, 2.24) is 0 Å². The van der Waals surface area contributed by atoms with Gasteiger partial charge in [-0.1, -0.05) is 176 Å². The third kappa shape index (κ3) is 6.16. The summed E-state index contributed by atoms with van der Waals surface area (Å²) < 4.78 is 21.4. The van der Waals surface area contributed by atoms with E-state index in [1.54, 1.807) is 0 Å². The monoisotopic (exact) mass is 845 g/mol. The lowest BCUT2D eigenvalue weighted by Gasteiger charge is -2.30. The summed E-state index contributed by atoms with van der Waals surface area (Å²) in [5.74, 6) is 0.691. The Morgan fingerprint density at radius 3 is 1.16 bits per heavy atom. The summed E-state index contributed by atoms with van der Waals surface area (Å²) in [5, 5.41) is 16.0. The maximum absolute atomic E-state index is 7.33. The minimum Gasteiger partial charge on any atom is -0.390 e. The lowest BCUT2D eigenvalue weighted by Crippen LogP contribution is -2.39. The number of hydrogen-bond acceptors (Lipinski definition) is 3. The van der Waals surface area contributed by atoms with Crippen LogP contribution in [0.4, 0.5) is 0 Å². The second-order valence-corrected chi connectivity index (χ2v) is 20.2. The molecular weight excluding hydrogens is 807 g/mol. The van der Waals surface area contributed by atoms with Crippen molar-refractivity contribution in [3.63, 3.8) is 0 Å². The minimum atomic E-state index is -2.61. The van der Waals surface area contributed by atoms with Gasteiger partial charge >= 0.3 is 8.24 Å². The molecular formula is C58H39O3P2+. The molecule has 0 fully saturated rings. The highest BCUT2D eigenvalue weighted by molar-refractivity contribution is 8.01. The number of benzene rings is 11. The van der Waals surface area contributed by atoms with Crippen LogP contribution in [0.3, 0.4) is 0 Å². The van der Waals surface area contributed by atoms with Crippen LogP contribution in [0.25, 0.3) is 76.2 Å². The topological polar surface area (TPSA) is 35.5 Å². The average Bonchev–Trinajstić information content (AvgIpc) is 3.52. The van der Waals surface area contributed by atoms with Crippen LogP contribution in [-0.4, -0.2) is 0 Å². The van der Waals surface area contributed by atoms with E-state index >= 15 is 0 Å². The molecule has 63 heavy (non-hydrogen) atoms. The van der Waals surface area contributed by atoms with Gasteiger partial charge in [0.15, 0.2) is 0 Å². The molecule has 0 atom stereocenters. The smallest absolute Gasteiger partial charge is 0.390 e. The Morgan fingerprint density at radius 1 is 0.317 bits per heavy atom. The van der Waals surface area contributed by atoms with E-state index in [9.17, 15) is 0 Å². The van der Waals surface area contributed by atoms with Crippen LogP contribution in [0.5, 0.6) is 5.75 Å². The van der Waals surface area contributed by atoms with Crippen LogP contribution in [0.15, 0.2) is 245 Å². The van der Waals surface area contributed by atoms with Crippen molar-refractivity contribution in [1.29, 1.82) is 0 Å². The van der Waals surface area contributed by atoms with Crippen LogP contribution in [0, 0.1) is 0 Å². The molecule has 0 aliphatic heterocycles. The fourth-order valence-corrected chi connectivity index (χ4v) is 15.2. The molecule has 1 aromatic heterocycles. The first-order valence-corrected chi connectivity index (χ1v) is 24.1. The highest BCUT2D eigenvalue weighted by Crippen LogP contribution is 2.58. The highest BCUT2D eigenvalue weighted by Gasteiger charge is 2.50. The van der Waals surface area contributed by atoms with Crippen molar-refractivity contribution in [2.45, 2.75) is 0 Å². The Bertz CT molecular complexity index is 3520. The molecule has 298 valence electrons. The summed E-state index contributed by atoms with van der Waals surface area (Å²) >= 11 is 0. The Hall–Kier alpha value is -7.41. The van der Waals surface area contributed by atoms with Gasteiger partial charge in [-0.15, -0.1) is 0 Å². The van der Waals surface area contributed by atoms with Crippen molar-refractivity contribution < 1.29 is 12.9 Å². The first kappa shape index (κ1) is 37.4. The van der Waals surface area contributed by atoms with Crippen LogP contribution in [0.1, 0.15) is 0 Å². The van der Waals surface area contributed by atoms with E-state index in [-0.39, 0.29) is 0 Å². The van der Waals surface area contributed by atoms with Gasteiger partial charge < -0.3 is 12.9 Å². The van der Waals surface area contributed by atoms with E-state index in [0.29, 0.717) is 5.75 Å². The molecule has 0 bridgehead atoms. The van der Waals surface area contributed by atoms with Gasteiger partial charge in [0, 0.05) is 21.9 Å². The fraction of sp³-hybridized carbons (Fsp3) is 0. The molecule has 0 saturated carbocycles. The van der Waals surface area contributed by atoms with Gasteiger partial charge in [0.1, 0.15) is 45.4 Å². The lowest BCUT2D eigenvalue weighted by molar-refractivity contribution is 0.500. The summed E-state index contributed by atoms with van der Waals surface area (Å²) in [6.07, 6.45) is 0. The molecule has 0 N–H and O–H groups in total. The Morgan fingerprint density at radius 2 is 0.683 bits per heavy atom. The zero-order chi connectivity index (χ0) is 41.7. The normalized spacial score (nSPS) is 11.8. The van der Waals surface area contributed by atoms with Gasteiger partial charge in [-0.25, -0.2) is 0 Å². The van der Waals surface area contributed by atoms with Crippen molar-refractivity contribution in [3.05, 3.63) is 237 Å². The van der Waals surface area contributed by atoms with Gasteiger partial charge in [0.05, 0.1) is 0 Å². The first-order valence-electron chi connectivity index (χ1n) is 21.2. The maximum atomic E-state index is 7.33. The van der Waals surface area contributed by atoms with Crippen molar-refractivity contribution >= 4 is 102 Å². The SMILES string of the molecule is c1ccc([P+](c2ccccc2)(c2ccccc2)c2ccc3ccccc3c2-c2c(Op3oc4ccc5ccccc5c4c4c(ccc5ccccc54)o3)ccc3ccccc23)cc1. The van der Waals surface area contributed by atoms with E-state index in [1.165, 1.54) is 21.2 Å². The quantitative estimate of drug-likeness (QED) is 0.150. The number of rotatable bonds is 7. The molecule has 0 aliphatic carbocycles. The van der Waals surface area contributed by atoms with E-state index in [2.05, 4.69) is 237 Å². The molecule has 1 heterocycles. The zero-order valence-corrected chi connectivity index (χ0v) is 35.9. The Kier molecular flexibility index (Phi) is 9.19.